The number of fused-ring (bicyclic) bond motifs is 5. The van der Waals surface area contributed by atoms with Crippen LogP contribution in [0.5, 0.6) is 0 Å². The van der Waals surface area contributed by atoms with Crippen molar-refractivity contribution < 1.29 is 9.90 Å². The molecule has 0 aromatic rings. The van der Waals surface area contributed by atoms with Crippen LogP contribution in [0.3, 0.4) is 0 Å². The summed E-state index contributed by atoms with van der Waals surface area (Å²) in [5, 5.41) is 9.58. The van der Waals surface area contributed by atoms with E-state index >= 15 is 0 Å². The molecule has 0 radical (unpaired) electrons. The van der Waals surface area contributed by atoms with Crippen LogP contribution in [-0.4, -0.2) is 11.1 Å². The van der Waals surface area contributed by atoms with Crippen LogP contribution in [0.4, 0.5) is 0 Å². The summed E-state index contributed by atoms with van der Waals surface area (Å²) >= 11 is 0. The highest BCUT2D eigenvalue weighted by Crippen LogP contribution is 2.74. The molecule has 2 nitrogen and oxygen atoms in total. The van der Waals surface area contributed by atoms with Crippen LogP contribution in [0.1, 0.15) is 113 Å². The molecule has 0 bridgehead atoms. The molecule has 2 heteroatoms. The molecule has 0 aromatic carbocycles. The minimum atomic E-state index is -0.621. The van der Waals surface area contributed by atoms with Crippen LogP contribution >= 0.6 is 0 Å². The van der Waals surface area contributed by atoms with E-state index in [0.29, 0.717) is 46.3 Å². The first-order chi connectivity index (χ1) is 14.8. The summed E-state index contributed by atoms with van der Waals surface area (Å²) in [7, 11) is 0. The van der Waals surface area contributed by atoms with E-state index in [0.717, 1.165) is 18.3 Å². The van der Waals surface area contributed by atoms with Gasteiger partial charge in [-0.1, -0.05) is 60.6 Å². The van der Waals surface area contributed by atoms with Gasteiger partial charge >= 0.3 is 5.97 Å². The molecule has 1 N–H and O–H groups in total. The molecular formula is C30H50O2. The predicted molar refractivity (Wildman–Crippen MR) is 133 cm³/mol. The van der Waals surface area contributed by atoms with Crippen LogP contribution in [-0.2, 0) is 4.79 Å². The predicted octanol–water partition coefficient (Wildman–Crippen LogP) is 8.36. The lowest BCUT2D eigenvalue weighted by Crippen LogP contribution is -2.64. The summed E-state index contributed by atoms with van der Waals surface area (Å²) in [4.78, 5) is 11.6. The lowest BCUT2D eigenvalue weighted by Gasteiger charge is -2.71. The van der Waals surface area contributed by atoms with Crippen molar-refractivity contribution in [1.29, 1.82) is 0 Å². The molecule has 4 rings (SSSR count). The van der Waals surface area contributed by atoms with E-state index in [1.165, 1.54) is 56.9 Å². The number of hydrogen-bond acceptors (Lipinski definition) is 1. The first-order valence-corrected chi connectivity index (χ1v) is 13.7. The van der Waals surface area contributed by atoms with Crippen molar-refractivity contribution >= 4 is 5.97 Å². The highest BCUT2D eigenvalue weighted by Gasteiger charge is 2.67. The number of carboxylic acid groups (broad SMARTS) is 1. The van der Waals surface area contributed by atoms with Crippen molar-refractivity contribution in [2.75, 3.05) is 0 Å². The lowest BCUT2D eigenvalue weighted by molar-refractivity contribution is -0.221. The van der Waals surface area contributed by atoms with Gasteiger partial charge in [0.1, 0.15) is 0 Å². The van der Waals surface area contributed by atoms with Crippen molar-refractivity contribution in [2.24, 2.45) is 57.2 Å². The Kier molecular flexibility index (Phi) is 5.99. The zero-order chi connectivity index (χ0) is 23.7. The molecule has 9 atom stereocenters. The average Bonchev–Trinajstić information content (AvgIpc) is 2.68. The van der Waals surface area contributed by atoms with E-state index in [-0.39, 0.29) is 5.41 Å². The summed E-state index contributed by atoms with van der Waals surface area (Å²) in [5.41, 5.74) is 2.84. The topological polar surface area (TPSA) is 37.3 Å². The van der Waals surface area contributed by atoms with Gasteiger partial charge in [0.15, 0.2) is 0 Å². The summed E-state index contributed by atoms with van der Waals surface area (Å²) in [6.45, 7) is 22.2. The standard InChI is InChI=1S/C30H50O2/c1-19(2)22-10-16-29(7)23(28(22,6)18-13-25(31)32)12-17-30(8)24(29)11-15-27(5)14-9-20(3)21(4)26(27)30/h19,21-24,26H,3,9-18H2,1-2,4-8H3,(H,31,32)/t21-,22-,23+,24-,26-,27+,28-,29+,30-/m0/s1. The minimum Gasteiger partial charge on any atom is -0.481 e. The maximum absolute atomic E-state index is 11.6. The second kappa shape index (κ2) is 7.88. The Morgan fingerprint density at radius 3 is 2.25 bits per heavy atom. The third-order valence-corrected chi connectivity index (χ3v) is 12.3. The van der Waals surface area contributed by atoms with Gasteiger partial charge in [-0.3, -0.25) is 4.79 Å². The molecule has 4 saturated carbocycles. The second-order valence-electron chi connectivity index (χ2n) is 14.1. The van der Waals surface area contributed by atoms with Crippen LogP contribution in [0, 0.1) is 57.2 Å². The van der Waals surface area contributed by atoms with Crippen LogP contribution in [0.2, 0.25) is 0 Å². The van der Waals surface area contributed by atoms with Crippen molar-refractivity contribution in [3.8, 4) is 0 Å². The molecule has 0 heterocycles. The maximum Gasteiger partial charge on any atom is 0.303 e. The van der Waals surface area contributed by atoms with E-state index in [1.54, 1.807) is 0 Å². The monoisotopic (exact) mass is 442 g/mol. The van der Waals surface area contributed by atoms with E-state index in [1.807, 2.05) is 0 Å². The molecule has 0 aliphatic heterocycles. The molecule has 0 spiro atoms. The summed E-state index contributed by atoms with van der Waals surface area (Å²) in [6.07, 6.45) is 11.7. The van der Waals surface area contributed by atoms with E-state index in [2.05, 4.69) is 55.0 Å². The first kappa shape index (κ1) is 24.3. The lowest BCUT2D eigenvalue weighted by atomic mass is 9.33. The van der Waals surface area contributed by atoms with Gasteiger partial charge in [-0.25, -0.2) is 0 Å². The molecule has 0 aromatic heterocycles. The fraction of sp³-hybridized carbons (Fsp3) is 0.900. The van der Waals surface area contributed by atoms with Gasteiger partial charge in [-0.2, -0.15) is 0 Å². The first-order valence-electron chi connectivity index (χ1n) is 13.7. The van der Waals surface area contributed by atoms with Gasteiger partial charge in [0.2, 0.25) is 0 Å². The van der Waals surface area contributed by atoms with Crippen LogP contribution < -0.4 is 0 Å². The van der Waals surface area contributed by atoms with E-state index in [9.17, 15) is 9.90 Å². The highest BCUT2D eigenvalue weighted by atomic mass is 16.4. The molecule has 0 saturated heterocycles. The van der Waals surface area contributed by atoms with Gasteiger partial charge < -0.3 is 5.11 Å². The summed E-state index contributed by atoms with van der Waals surface area (Å²) in [5.74, 6) is 3.45. The molecule has 4 aliphatic rings. The Hall–Kier alpha value is -0.790. The molecule has 0 amide bonds. The zero-order valence-electron chi connectivity index (χ0n) is 22.1. The maximum atomic E-state index is 11.6. The SMILES string of the molecule is C=C1CC[C@]2(C)CC[C@H]3[C@]4(C)CC[C@@H](C(C)C)[C@](C)(CCC(=O)O)[C@H]4CC[C@]3(C)[C@H]2[C@H]1C. The van der Waals surface area contributed by atoms with Crippen LogP contribution in [0.15, 0.2) is 12.2 Å². The Morgan fingerprint density at radius 1 is 1.00 bits per heavy atom. The third kappa shape index (κ3) is 3.36. The quantitative estimate of drug-likeness (QED) is 0.444. The number of hydrogen-bond donors (Lipinski definition) is 1. The number of carbonyl (C=O) groups is 1. The van der Waals surface area contributed by atoms with E-state index < -0.39 is 5.97 Å². The van der Waals surface area contributed by atoms with Crippen molar-refractivity contribution in [3.63, 3.8) is 0 Å². The van der Waals surface area contributed by atoms with Gasteiger partial charge in [0.05, 0.1) is 0 Å². The van der Waals surface area contributed by atoms with Crippen molar-refractivity contribution in [3.05, 3.63) is 12.2 Å². The molecular weight excluding hydrogens is 392 g/mol. The van der Waals surface area contributed by atoms with E-state index in [4.69, 9.17) is 0 Å². The van der Waals surface area contributed by atoms with Crippen molar-refractivity contribution in [2.45, 2.75) is 113 Å². The second-order valence-corrected chi connectivity index (χ2v) is 14.1. The Labute approximate surface area is 198 Å². The molecule has 4 fully saturated rings. The Bertz CT molecular complexity index is 769. The van der Waals surface area contributed by atoms with Gasteiger partial charge in [-0.15, -0.1) is 0 Å². The fourth-order valence-corrected chi connectivity index (χ4v) is 11.1. The molecule has 0 unspecified atom stereocenters. The molecule has 4 aliphatic carbocycles. The number of rotatable bonds is 4. The number of aliphatic carboxylic acids is 1. The largest absolute Gasteiger partial charge is 0.481 e. The number of allylic oxidation sites excluding steroid dienone is 1. The Balaban J connectivity index is 1.73. The van der Waals surface area contributed by atoms with Gasteiger partial charge in [-0.05, 0) is 115 Å². The molecule has 182 valence electrons. The fourth-order valence-electron chi connectivity index (χ4n) is 11.1. The normalized spacial score (nSPS) is 51.0. The number of carboxylic acids is 1. The average molecular weight is 443 g/mol. The van der Waals surface area contributed by atoms with Crippen molar-refractivity contribution in [1.82, 2.24) is 0 Å². The van der Waals surface area contributed by atoms with Gasteiger partial charge in [0.25, 0.3) is 0 Å². The zero-order valence-corrected chi connectivity index (χ0v) is 22.1. The summed E-state index contributed by atoms with van der Waals surface area (Å²) in [6, 6.07) is 0. The highest BCUT2D eigenvalue weighted by molar-refractivity contribution is 5.66. The smallest absolute Gasteiger partial charge is 0.303 e. The Morgan fingerprint density at radius 2 is 1.62 bits per heavy atom. The van der Waals surface area contributed by atoms with Gasteiger partial charge in [0, 0.05) is 6.42 Å². The third-order valence-electron chi connectivity index (χ3n) is 12.3. The molecule has 32 heavy (non-hydrogen) atoms. The van der Waals surface area contributed by atoms with Crippen LogP contribution in [0.25, 0.3) is 0 Å². The minimum absolute atomic E-state index is 0.142. The summed E-state index contributed by atoms with van der Waals surface area (Å²) < 4.78 is 0.